The highest BCUT2D eigenvalue weighted by atomic mass is 16.3. The molecule has 0 radical (unpaired) electrons. The molecule has 0 saturated heterocycles. The normalized spacial score (nSPS) is 13.3. The highest BCUT2D eigenvalue weighted by Crippen LogP contribution is 1.96. The van der Waals surface area contributed by atoms with Gasteiger partial charge in [-0.05, 0) is 33.4 Å². The molecule has 0 amide bonds. The first kappa shape index (κ1) is 12.2. The van der Waals surface area contributed by atoms with Crippen LogP contribution in [0.3, 0.4) is 0 Å². The minimum absolute atomic E-state index is 0.193. The Morgan fingerprint density at radius 2 is 2.27 bits per heavy atom. The van der Waals surface area contributed by atoms with Crippen molar-refractivity contribution in [3.05, 3.63) is 18.7 Å². The first-order valence-corrected chi connectivity index (χ1v) is 5.51. The van der Waals surface area contributed by atoms with E-state index >= 15 is 0 Å². The fourth-order valence-electron chi connectivity index (χ4n) is 1.46. The van der Waals surface area contributed by atoms with Crippen molar-refractivity contribution in [2.75, 3.05) is 20.1 Å². The number of rotatable bonds is 7. The van der Waals surface area contributed by atoms with Crippen LogP contribution in [0, 0.1) is 0 Å². The summed E-state index contributed by atoms with van der Waals surface area (Å²) >= 11 is 0. The van der Waals surface area contributed by atoms with Crippen LogP contribution in [0.2, 0.25) is 0 Å². The fraction of sp³-hybridized carbons (Fsp3) is 0.727. The van der Waals surface area contributed by atoms with E-state index in [9.17, 15) is 0 Å². The lowest BCUT2D eigenvalue weighted by molar-refractivity contribution is 0.163. The molecule has 0 aliphatic rings. The maximum absolute atomic E-state index is 9.14. The van der Waals surface area contributed by atoms with Crippen molar-refractivity contribution in [2.24, 2.45) is 0 Å². The van der Waals surface area contributed by atoms with Crippen LogP contribution in [0.5, 0.6) is 0 Å². The molecule has 0 saturated carbocycles. The van der Waals surface area contributed by atoms with E-state index in [1.54, 1.807) is 6.20 Å². The lowest BCUT2D eigenvalue weighted by atomic mass is 10.2. The van der Waals surface area contributed by atoms with Gasteiger partial charge in [0.05, 0.1) is 12.4 Å². The van der Waals surface area contributed by atoms with E-state index in [-0.39, 0.29) is 6.10 Å². The number of hydrogen-bond donors (Lipinski definition) is 1. The van der Waals surface area contributed by atoms with Gasteiger partial charge >= 0.3 is 0 Å². The molecule has 1 aromatic rings. The highest BCUT2D eigenvalue weighted by molar-refractivity contribution is 4.73. The summed E-state index contributed by atoms with van der Waals surface area (Å²) in [5, 5.41) is 9.14. The van der Waals surface area contributed by atoms with E-state index in [1.165, 1.54) is 0 Å². The van der Waals surface area contributed by atoms with E-state index in [1.807, 2.05) is 19.4 Å². The standard InChI is InChI=1S/C11H21N3O/c1-11(15)4-8-13(2)6-3-7-14-9-5-12-10-14/h5,9-11,15H,3-4,6-8H2,1-2H3. The third kappa shape index (κ3) is 5.54. The zero-order valence-electron chi connectivity index (χ0n) is 9.63. The van der Waals surface area contributed by atoms with Gasteiger partial charge in [-0.2, -0.15) is 0 Å². The Kier molecular flexibility index (Phi) is 5.36. The second-order valence-corrected chi connectivity index (χ2v) is 4.10. The van der Waals surface area contributed by atoms with Crippen LogP contribution in [-0.4, -0.2) is 45.8 Å². The van der Waals surface area contributed by atoms with Crippen LogP contribution in [0.15, 0.2) is 18.7 Å². The molecule has 1 N–H and O–H groups in total. The van der Waals surface area contributed by atoms with Crippen LogP contribution in [-0.2, 0) is 6.54 Å². The molecule has 1 aromatic heterocycles. The molecule has 0 aromatic carbocycles. The Balaban J connectivity index is 2.04. The number of nitrogens with zero attached hydrogens (tertiary/aromatic N) is 3. The van der Waals surface area contributed by atoms with Gasteiger partial charge in [0.2, 0.25) is 0 Å². The van der Waals surface area contributed by atoms with Crippen molar-refractivity contribution >= 4 is 0 Å². The predicted molar refractivity (Wildman–Crippen MR) is 60.6 cm³/mol. The molecular formula is C11H21N3O. The molecule has 1 unspecified atom stereocenters. The third-order valence-corrected chi connectivity index (χ3v) is 2.44. The molecule has 0 aliphatic heterocycles. The Bertz CT molecular complexity index is 246. The molecule has 86 valence electrons. The van der Waals surface area contributed by atoms with Gasteiger partial charge in [0.15, 0.2) is 0 Å². The van der Waals surface area contributed by atoms with Crippen molar-refractivity contribution in [1.82, 2.24) is 14.5 Å². The molecule has 15 heavy (non-hydrogen) atoms. The van der Waals surface area contributed by atoms with Gasteiger partial charge in [0.1, 0.15) is 0 Å². The third-order valence-electron chi connectivity index (χ3n) is 2.44. The molecular weight excluding hydrogens is 190 g/mol. The average molecular weight is 211 g/mol. The van der Waals surface area contributed by atoms with Crippen molar-refractivity contribution in [3.8, 4) is 0 Å². The quantitative estimate of drug-likeness (QED) is 0.731. The van der Waals surface area contributed by atoms with Crippen molar-refractivity contribution in [1.29, 1.82) is 0 Å². The van der Waals surface area contributed by atoms with Crippen LogP contribution in [0.25, 0.3) is 0 Å². The Labute approximate surface area is 91.5 Å². The summed E-state index contributed by atoms with van der Waals surface area (Å²) in [5.41, 5.74) is 0. The van der Waals surface area contributed by atoms with E-state index in [4.69, 9.17) is 5.11 Å². The SMILES string of the molecule is CC(O)CCN(C)CCCn1ccnc1. The first-order valence-electron chi connectivity index (χ1n) is 5.51. The number of aliphatic hydroxyl groups excluding tert-OH is 1. The zero-order chi connectivity index (χ0) is 11.1. The Morgan fingerprint density at radius 3 is 2.87 bits per heavy atom. The molecule has 1 atom stereocenters. The van der Waals surface area contributed by atoms with Gasteiger partial charge in [-0.1, -0.05) is 0 Å². The lowest BCUT2D eigenvalue weighted by Crippen LogP contribution is -2.24. The second-order valence-electron chi connectivity index (χ2n) is 4.10. The fourth-order valence-corrected chi connectivity index (χ4v) is 1.46. The molecule has 0 aliphatic carbocycles. The summed E-state index contributed by atoms with van der Waals surface area (Å²) in [6.07, 6.45) is 7.40. The van der Waals surface area contributed by atoms with E-state index < -0.39 is 0 Å². The smallest absolute Gasteiger partial charge is 0.0945 e. The topological polar surface area (TPSA) is 41.3 Å². The van der Waals surface area contributed by atoms with Gasteiger partial charge in [0.25, 0.3) is 0 Å². The van der Waals surface area contributed by atoms with E-state index in [0.717, 1.165) is 32.5 Å². The van der Waals surface area contributed by atoms with Gasteiger partial charge in [0, 0.05) is 25.5 Å². The van der Waals surface area contributed by atoms with Gasteiger partial charge in [-0.25, -0.2) is 4.98 Å². The molecule has 1 heterocycles. The van der Waals surface area contributed by atoms with Gasteiger partial charge in [-0.3, -0.25) is 0 Å². The maximum atomic E-state index is 9.14. The van der Waals surface area contributed by atoms with Crippen LogP contribution >= 0.6 is 0 Å². The molecule has 0 fully saturated rings. The number of aliphatic hydroxyl groups is 1. The maximum Gasteiger partial charge on any atom is 0.0945 e. The number of imidazole rings is 1. The van der Waals surface area contributed by atoms with Crippen LogP contribution in [0.1, 0.15) is 19.8 Å². The number of aryl methyl sites for hydroxylation is 1. The van der Waals surface area contributed by atoms with Gasteiger partial charge in [-0.15, -0.1) is 0 Å². The summed E-state index contributed by atoms with van der Waals surface area (Å²) in [4.78, 5) is 6.25. The molecule has 4 heteroatoms. The summed E-state index contributed by atoms with van der Waals surface area (Å²) in [5.74, 6) is 0. The van der Waals surface area contributed by atoms with Gasteiger partial charge < -0.3 is 14.6 Å². The number of hydrogen-bond acceptors (Lipinski definition) is 3. The largest absolute Gasteiger partial charge is 0.393 e. The average Bonchev–Trinajstić information content (AvgIpc) is 2.67. The summed E-state index contributed by atoms with van der Waals surface area (Å²) in [7, 11) is 2.09. The van der Waals surface area contributed by atoms with Crippen molar-refractivity contribution < 1.29 is 5.11 Å². The zero-order valence-corrected chi connectivity index (χ0v) is 9.63. The minimum Gasteiger partial charge on any atom is -0.393 e. The highest BCUT2D eigenvalue weighted by Gasteiger charge is 2.01. The first-order chi connectivity index (χ1) is 7.18. The van der Waals surface area contributed by atoms with Crippen molar-refractivity contribution in [2.45, 2.75) is 32.4 Å². The van der Waals surface area contributed by atoms with Crippen LogP contribution < -0.4 is 0 Å². The Hall–Kier alpha value is -0.870. The second kappa shape index (κ2) is 6.58. The summed E-state index contributed by atoms with van der Waals surface area (Å²) < 4.78 is 2.09. The minimum atomic E-state index is -0.193. The Morgan fingerprint density at radius 1 is 1.47 bits per heavy atom. The van der Waals surface area contributed by atoms with E-state index in [2.05, 4.69) is 21.5 Å². The molecule has 4 nitrogen and oxygen atoms in total. The predicted octanol–water partition coefficient (Wildman–Crippen LogP) is 0.976. The molecule has 1 rings (SSSR count). The molecule has 0 bridgehead atoms. The summed E-state index contributed by atoms with van der Waals surface area (Å²) in [6, 6.07) is 0. The lowest BCUT2D eigenvalue weighted by Gasteiger charge is -2.17. The summed E-state index contributed by atoms with van der Waals surface area (Å²) in [6.45, 7) is 4.87. The van der Waals surface area contributed by atoms with Crippen LogP contribution in [0.4, 0.5) is 0 Å². The molecule has 0 spiro atoms. The van der Waals surface area contributed by atoms with Crippen molar-refractivity contribution in [3.63, 3.8) is 0 Å². The van der Waals surface area contributed by atoms with E-state index in [0.29, 0.717) is 0 Å². The monoisotopic (exact) mass is 211 g/mol. The number of aromatic nitrogens is 2.